The van der Waals surface area contributed by atoms with Gasteiger partial charge in [0, 0.05) is 12.2 Å². The summed E-state index contributed by atoms with van der Waals surface area (Å²) in [5, 5.41) is 2.96. The van der Waals surface area contributed by atoms with Gasteiger partial charge in [-0.2, -0.15) is 0 Å². The predicted octanol–water partition coefficient (Wildman–Crippen LogP) is 2.44. The van der Waals surface area contributed by atoms with Crippen molar-refractivity contribution in [3.63, 3.8) is 0 Å². The molecule has 1 saturated carbocycles. The second kappa shape index (κ2) is 5.95. The summed E-state index contributed by atoms with van der Waals surface area (Å²) < 4.78 is 5.46. The van der Waals surface area contributed by atoms with E-state index >= 15 is 0 Å². The third-order valence-electron chi connectivity index (χ3n) is 3.60. The monoisotopic (exact) mass is 262 g/mol. The summed E-state index contributed by atoms with van der Waals surface area (Å²) in [6, 6.07) is 5.30. The topological polar surface area (TPSA) is 64.3 Å². The Balaban J connectivity index is 2.04. The second-order valence-electron chi connectivity index (χ2n) is 5.18. The Kier molecular flexibility index (Phi) is 4.30. The molecule has 1 aliphatic rings. The molecule has 0 bridgehead atoms. The maximum atomic E-state index is 12.2. The van der Waals surface area contributed by atoms with Gasteiger partial charge in [0.1, 0.15) is 11.3 Å². The fourth-order valence-corrected chi connectivity index (χ4v) is 2.24. The lowest BCUT2D eigenvalue weighted by Crippen LogP contribution is -2.30. The number of ether oxygens (including phenoxy) is 1. The van der Waals surface area contributed by atoms with E-state index in [2.05, 4.69) is 12.2 Å². The van der Waals surface area contributed by atoms with Gasteiger partial charge in [0.25, 0.3) is 5.91 Å². The minimum Gasteiger partial charge on any atom is -0.493 e. The summed E-state index contributed by atoms with van der Waals surface area (Å²) in [4.78, 5) is 12.2. The molecule has 0 saturated heterocycles. The molecule has 1 unspecified atom stereocenters. The lowest BCUT2D eigenvalue weighted by atomic mass is 10.1. The van der Waals surface area contributed by atoms with Crippen LogP contribution in [-0.2, 0) is 0 Å². The molecule has 1 aromatic carbocycles. The maximum Gasteiger partial charge on any atom is 0.257 e. The standard InChI is InChI=1S/C15H22N2O2/c1-3-19-13-6-4-5-12(16)14(13)15(18)17-9-10(2)11-7-8-11/h4-6,10-11H,3,7-9,16H2,1-2H3,(H,17,18). The van der Waals surface area contributed by atoms with E-state index in [0.29, 0.717) is 36.1 Å². The van der Waals surface area contributed by atoms with Crippen molar-refractivity contribution in [3.05, 3.63) is 23.8 Å². The molecule has 1 aliphatic carbocycles. The number of carbonyl (C=O) groups excluding carboxylic acids is 1. The van der Waals surface area contributed by atoms with Crippen molar-refractivity contribution in [2.75, 3.05) is 18.9 Å². The van der Waals surface area contributed by atoms with Gasteiger partial charge < -0.3 is 15.8 Å². The highest BCUT2D eigenvalue weighted by atomic mass is 16.5. The zero-order chi connectivity index (χ0) is 13.8. The van der Waals surface area contributed by atoms with Gasteiger partial charge in [-0.15, -0.1) is 0 Å². The normalized spacial score (nSPS) is 15.9. The van der Waals surface area contributed by atoms with Crippen molar-refractivity contribution in [2.24, 2.45) is 11.8 Å². The minimum atomic E-state index is -0.144. The van der Waals surface area contributed by atoms with Crippen LogP contribution >= 0.6 is 0 Å². The van der Waals surface area contributed by atoms with Crippen LogP contribution in [0.25, 0.3) is 0 Å². The van der Waals surface area contributed by atoms with Crippen LogP contribution in [0.4, 0.5) is 5.69 Å². The van der Waals surface area contributed by atoms with Crippen LogP contribution in [0.2, 0.25) is 0 Å². The summed E-state index contributed by atoms with van der Waals surface area (Å²) in [7, 11) is 0. The Hall–Kier alpha value is -1.71. The molecule has 4 nitrogen and oxygen atoms in total. The van der Waals surface area contributed by atoms with E-state index in [4.69, 9.17) is 10.5 Å². The van der Waals surface area contributed by atoms with Crippen LogP contribution in [0.1, 0.15) is 37.0 Å². The third kappa shape index (κ3) is 3.40. The van der Waals surface area contributed by atoms with Gasteiger partial charge in [-0.25, -0.2) is 0 Å². The number of benzene rings is 1. The van der Waals surface area contributed by atoms with E-state index in [1.807, 2.05) is 6.92 Å². The molecule has 0 aromatic heterocycles. The van der Waals surface area contributed by atoms with E-state index in [1.165, 1.54) is 12.8 Å². The summed E-state index contributed by atoms with van der Waals surface area (Å²) in [5.41, 5.74) is 6.80. The number of nitrogens with two attached hydrogens (primary N) is 1. The fraction of sp³-hybridized carbons (Fsp3) is 0.533. The van der Waals surface area contributed by atoms with Crippen LogP contribution in [0.15, 0.2) is 18.2 Å². The van der Waals surface area contributed by atoms with Gasteiger partial charge in [0.15, 0.2) is 0 Å². The van der Waals surface area contributed by atoms with Crippen molar-refractivity contribution in [2.45, 2.75) is 26.7 Å². The quantitative estimate of drug-likeness (QED) is 0.774. The van der Waals surface area contributed by atoms with Gasteiger partial charge in [-0.1, -0.05) is 13.0 Å². The molecule has 0 radical (unpaired) electrons. The van der Waals surface area contributed by atoms with E-state index in [-0.39, 0.29) is 5.91 Å². The van der Waals surface area contributed by atoms with Crippen molar-refractivity contribution in [1.29, 1.82) is 0 Å². The fourth-order valence-electron chi connectivity index (χ4n) is 2.24. The molecule has 1 fully saturated rings. The number of nitrogen functional groups attached to an aromatic ring is 1. The number of carbonyl (C=O) groups is 1. The molecule has 4 heteroatoms. The highest BCUT2D eigenvalue weighted by molar-refractivity contribution is 6.01. The lowest BCUT2D eigenvalue weighted by Gasteiger charge is -2.15. The molecule has 0 heterocycles. The minimum absolute atomic E-state index is 0.144. The zero-order valence-corrected chi connectivity index (χ0v) is 11.6. The Morgan fingerprint density at radius 1 is 1.53 bits per heavy atom. The number of hydrogen-bond acceptors (Lipinski definition) is 3. The molecule has 3 N–H and O–H groups in total. The van der Waals surface area contributed by atoms with Crippen LogP contribution in [-0.4, -0.2) is 19.1 Å². The smallest absolute Gasteiger partial charge is 0.257 e. The molecule has 1 atom stereocenters. The van der Waals surface area contributed by atoms with Crippen LogP contribution in [0.3, 0.4) is 0 Å². The Morgan fingerprint density at radius 2 is 2.26 bits per heavy atom. The van der Waals surface area contributed by atoms with Gasteiger partial charge in [-0.3, -0.25) is 4.79 Å². The third-order valence-corrected chi connectivity index (χ3v) is 3.60. The first-order valence-corrected chi connectivity index (χ1v) is 6.93. The first-order valence-electron chi connectivity index (χ1n) is 6.93. The number of nitrogens with one attached hydrogen (secondary N) is 1. The van der Waals surface area contributed by atoms with Gasteiger partial charge >= 0.3 is 0 Å². The summed E-state index contributed by atoms with van der Waals surface area (Å²) >= 11 is 0. The van der Waals surface area contributed by atoms with Gasteiger partial charge in [0.05, 0.1) is 6.61 Å². The van der Waals surface area contributed by atoms with Crippen LogP contribution < -0.4 is 15.8 Å². The van der Waals surface area contributed by atoms with Crippen molar-refractivity contribution in [3.8, 4) is 5.75 Å². The molecule has 2 rings (SSSR count). The number of anilines is 1. The molecule has 104 valence electrons. The average molecular weight is 262 g/mol. The van der Waals surface area contributed by atoms with Crippen LogP contribution in [0.5, 0.6) is 5.75 Å². The Bertz CT molecular complexity index is 455. The number of amides is 1. The van der Waals surface area contributed by atoms with E-state index in [1.54, 1.807) is 18.2 Å². The average Bonchev–Trinajstić information content (AvgIpc) is 3.20. The maximum absolute atomic E-state index is 12.2. The number of hydrogen-bond donors (Lipinski definition) is 2. The largest absolute Gasteiger partial charge is 0.493 e. The summed E-state index contributed by atoms with van der Waals surface area (Å²) in [6.45, 7) is 5.28. The summed E-state index contributed by atoms with van der Waals surface area (Å²) in [6.07, 6.45) is 2.57. The van der Waals surface area contributed by atoms with Crippen molar-refractivity contribution >= 4 is 11.6 Å². The predicted molar refractivity (Wildman–Crippen MR) is 76.2 cm³/mol. The van der Waals surface area contributed by atoms with Crippen LogP contribution in [0, 0.1) is 11.8 Å². The van der Waals surface area contributed by atoms with Crippen molar-refractivity contribution in [1.82, 2.24) is 5.32 Å². The summed E-state index contributed by atoms with van der Waals surface area (Å²) in [5.74, 6) is 1.72. The zero-order valence-electron chi connectivity index (χ0n) is 11.6. The van der Waals surface area contributed by atoms with E-state index in [0.717, 1.165) is 5.92 Å². The van der Waals surface area contributed by atoms with Crippen molar-refractivity contribution < 1.29 is 9.53 Å². The molecule has 19 heavy (non-hydrogen) atoms. The van der Waals surface area contributed by atoms with E-state index in [9.17, 15) is 4.79 Å². The molecule has 0 aliphatic heterocycles. The highest BCUT2D eigenvalue weighted by Crippen LogP contribution is 2.36. The molecular formula is C15H22N2O2. The van der Waals surface area contributed by atoms with Gasteiger partial charge in [-0.05, 0) is 43.7 Å². The molecule has 1 aromatic rings. The SMILES string of the molecule is CCOc1cccc(N)c1C(=O)NCC(C)C1CC1. The second-order valence-corrected chi connectivity index (χ2v) is 5.18. The number of rotatable bonds is 6. The highest BCUT2D eigenvalue weighted by Gasteiger charge is 2.28. The Labute approximate surface area is 114 Å². The lowest BCUT2D eigenvalue weighted by molar-refractivity contribution is 0.0944. The van der Waals surface area contributed by atoms with E-state index < -0.39 is 0 Å². The van der Waals surface area contributed by atoms with Gasteiger partial charge in [0.2, 0.25) is 0 Å². The molecule has 1 amide bonds. The molecule has 0 spiro atoms. The molecular weight excluding hydrogens is 240 g/mol. The first-order chi connectivity index (χ1) is 9.13. The Morgan fingerprint density at radius 3 is 2.89 bits per heavy atom. The first kappa shape index (κ1) is 13.7.